The molecule has 7 heteroatoms. The summed E-state index contributed by atoms with van der Waals surface area (Å²) in [7, 11) is -1.04. The Morgan fingerprint density at radius 1 is 1.41 bits per heavy atom. The fraction of sp³-hybridized carbons (Fsp3) is 0.700. The fourth-order valence-corrected chi connectivity index (χ4v) is 2.33. The third-order valence-corrected chi connectivity index (χ3v) is 4.48. The monoisotopic (exact) mass is 319 g/mol. The predicted octanol–water partition coefficient (Wildman–Crippen LogP) is 2.09. The Hall–Kier alpha value is -0.533. The van der Waals surface area contributed by atoms with Crippen molar-refractivity contribution in [2.45, 2.75) is 38.8 Å². The van der Waals surface area contributed by atoms with Crippen LogP contribution in [0.15, 0.2) is 4.60 Å². The number of carbonyl (C=O) groups is 1. The minimum absolute atomic E-state index is 0.273. The first-order valence-corrected chi connectivity index (χ1v) is 10.0. The van der Waals surface area contributed by atoms with Gasteiger partial charge in [-0.25, -0.2) is 0 Å². The van der Waals surface area contributed by atoms with Crippen LogP contribution in [0.2, 0.25) is 25.7 Å². The molecule has 0 bridgehead atoms. The Labute approximate surface area is 111 Å². The molecule has 96 valence electrons. The number of rotatable bonds is 7. The SMILES string of the molecule is C[Si](C)(C)CCOCn1nc(Br)c(CC=O)n1. The molecule has 1 aromatic rings. The van der Waals surface area contributed by atoms with Crippen LogP contribution in [0.4, 0.5) is 0 Å². The van der Waals surface area contributed by atoms with Crippen molar-refractivity contribution in [3.05, 3.63) is 10.3 Å². The summed E-state index contributed by atoms with van der Waals surface area (Å²) in [5.74, 6) is 0. The first-order chi connectivity index (χ1) is 7.92. The average molecular weight is 320 g/mol. The molecule has 5 nitrogen and oxygen atoms in total. The minimum Gasteiger partial charge on any atom is -0.358 e. The second-order valence-corrected chi connectivity index (χ2v) is 11.4. The van der Waals surface area contributed by atoms with E-state index in [4.69, 9.17) is 4.74 Å². The van der Waals surface area contributed by atoms with E-state index in [-0.39, 0.29) is 6.42 Å². The Morgan fingerprint density at radius 2 is 2.12 bits per heavy atom. The summed E-state index contributed by atoms with van der Waals surface area (Å²) in [6.07, 6.45) is 1.08. The van der Waals surface area contributed by atoms with Gasteiger partial charge >= 0.3 is 0 Å². The van der Waals surface area contributed by atoms with Gasteiger partial charge in [0, 0.05) is 14.7 Å². The normalized spacial score (nSPS) is 11.8. The summed E-state index contributed by atoms with van der Waals surface area (Å²) in [6.45, 7) is 7.99. The molecule has 1 rings (SSSR count). The largest absolute Gasteiger partial charge is 0.358 e. The third kappa shape index (κ3) is 5.56. The van der Waals surface area contributed by atoms with Crippen LogP contribution in [0.1, 0.15) is 5.69 Å². The lowest BCUT2D eigenvalue weighted by Gasteiger charge is -2.14. The fourth-order valence-electron chi connectivity index (χ4n) is 1.15. The van der Waals surface area contributed by atoms with Gasteiger partial charge < -0.3 is 9.53 Å². The van der Waals surface area contributed by atoms with Crippen molar-refractivity contribution in [2.75, 3.05) is 6.61 Å². The number of aldehydes is 1. The average Bonchev–Trinajstić information content (AvgIpc) is 2.54. The summed E-state index contributed by atoms with van der Waals surface area (Å²) in [5.41, 5.74) is 0.647. The Morgan fingerprint density at radius 3 is 2.71 bits per heavy atom. The number of halogens is 1. The molecule has 1 heterocycles. The van der Waals surface area contributed by atoms with Crippen LogP contribution < -0.4 is 0 Å². The first-order valence-electron chi connectivity index (χ1n) is 5.53. The maximum absolute atomic E-state index is 10.4. The van der Waals surface area contributed by atoms with Crippen molar-refractivity contribution in [3.63, 3.8) is 0 Å². The highest BCUT2D eigenvalue weighted by Gasteiger charge is 2.12. The van der Waals surface area contributed by atoms with E-state index in [2.05, 4.69) is 45.8 Å². The molecule has 0 aliphatic rings. The quantitative estimate of drug-likeness (QED) is 0.438. The van der Waals surface area contributed by atoms with E-state index >= 15 is 0 Å². The molecule has 0 saturated heterocycles. The van der Waals surface area contributed by atoms with Crippen LogP contribution in [0.25, 0.3) is 0 Å². The van der Waals surface area contributed by atoms with Crippen LogP contribution in [0.5, 0.6) is 0 Å². The molecule has 0 atom stereocenters. The van der Waals surface area contributed by atoms with Crippen molar-refractivity contribution in [3.8, 4) is 0 Å². The van der Waals surface area contributed by atoms with E-state index in [1.807, 2.05) is 0 Å². The predicted molar refractivity (Wildman–Crippen MR) is 71.6 cm³/mol. The highest BCUT2D eigenvalue weighted by Crippen LogP contribution is 2.11. The molecule has 0 fully saturated rings. The molecule has 0 radical (unpaired) electrons. The van der Waals surface area contributed by atoms with Gasteiger partial charge in [0.15, 0.2) is 11.3 Å². The van der Waals surface area contributed by atoms with Gasteiger partial charge in [0.1, 0.15) is 12.0 Å². The molecule has 0 aliphatic carbocycles. The van der Waals surface area contributed by atoms with Gasteiger partial charge in [-0.05, 0) is 22.0 Å². The number of ether oxygens (including phenoxy) is 1. The van der Waals surface area contributed by atoms with Crippen LogP contribution in [0.3, 0.4) is 0 Å². The van der Waals surface area contributed by atoms with Gasteiger partial charge in [-0.1, -0.05) is 19.6 Å². The molecular weight excluding hydrogens is 302 g/mol. The summed E-state index contributed by atoms with van der Waals surface area (Å²) in [6, 6.07) is 1.12. The number of carbonyl (C=O) groups excluding carboxylic acids is 1. The molecular formula is C10H18BrN3O2Si. The maximum atomic E-state index is 10.4. The second kappa shape index (κ2) is 6.41. The third-order valence-electron chi connectivity index (χ3n) is 2.16. The van der Waals surface area contributed by atoms with Crippen molar-refractivity contribution in [2.24, 2.45) is 0 Å². The Kier molecular flexibility index (Phi) is 5.48. The number of nitrogens with zero attached hydrogens (tertiary/aromatic N) is 3. The van der Waals surface area contributed by atoms with Gasteiger partial charge in [-0.3, -0.25) is 0 Å². The zero-order chi connectivity index (χ0) is 12.9. The molecule has 0 aliphatic heterocycles. The molecule has 0 amide bonds. The standard InChI is InChI=1S/C10H18BrN3O2Si/c1-17(2,3)7-6-16-8-14-12-9(4-5-15)10(11)13-14/h5H,4,6-8H2,1-3H3. The van der Waals surface area contributed by atoms with Gasteiger partial charge in [0.2, 0.25) is 0 Å². The summed E-state index contributed by atoms with van der Waals surface area (Å²) >= 11 is 3.26. The van der Waals surface area contributed by atoms with Crippen molar-refractivity contribution >= 4 is 30.3 Å². The molecule has 0 unspecified atom stereocenters. The molecule has 0 saturated carbocycles. The highest BCUT2D eigenvalue weighted by atomic mass is 79.9. The van der Waals surface area contributed by atoms with Gasteiger partial charge in [0.05, 0.1) is 6.42 Å². The number of hydrogen-bond donors (Lipinski definition) is 0. The maximum Gasteiger partial charge on any atom is 0.158 e. The number of hydrogen-bond acceptors (Lipinski definition) is 4. The van der Waals surface area contributed by atoms with E-state index in [1.54, 1.807) is 0 Å². The molecule has 1 aromatic heterocycles. The first kappa shape index (κ1) is 14.5. The lowest BCUT2D eigenvalue weighted by atomic mass is 10.4. The van der Waals surface area contributed by atoms with Crippen molar-refractivity contribution in [1.82, 2.24) is 15.0 Å². The smallest absolute Gasteiger partial charge is 0.158 e. The second-order valence-electron chi connectivity index (χ2n) is 5.03. The van der Waals surface area contributed by atoms with E-state index < -0.39 is 8.07 Å². The molecule has 0 N–H and O–H groups in total. The van der Waals surface area contributed by atoms with Crippen LogP contribution in [-0.4, -0.2) is 36.0 Å². The van der Waals surface area contributed by atoms with Crippen molar-refractivity contribution < 1.29 is 9.53 Å². The lowest BCUT2D eigenvalue weighted by Crippen LogP contribution is -2.22. The summed E-state index contributed by atoms with van der Waals surface area (Å²) in [5, 5.41) is 8.26. The van der Waals surface area contributed by atoms with Gasteiger partial charge in [-0.15, -0.1) is 5.10 Å². The molecule has 17 heavy (non-hydrogen) atoms. The van der Waals surface area contributed by atoms with E-state index in [1.165, 1.54) is 4.80 Å². The Bertz CT molecular complexity index is 376. The minimum atomic E-state index is -1.04. The summed E-state index contributed by atoms with van der Waals surface area (Å²) < 4.78 is 6.12. The van der Waals surface area contributed by atoms with Crippen molar-refractivity contribution in [1.29, 1.82) is 0 Å². The topological polar surface area (TPSA) is 57.0 Å². The van der Waals surface area contributed by atoms with Gasteiger partial charge in [0.25, 0.3) is 0 Å². The van der Waals surface area contributed by atoms with E-state index in [0.717, 1.165) is 18.9 Å². The highest BCUT2D eigenvalue weighted by molar-refractivity contribution is 9.10. The molecule has 0 aromatic carbocycles. The van der Waals surface area contributed by atoms with Gasteiger partial charge in [-0.2, -0.15) is 9.90 Å². The Balaban J connectivity index is 2.37. The van der Waals surface area contributed by atoms with Crippen LogP contribution in [0, 0.1) is 0 Å². The zero-order valence-corrected chi connectivity index (χ0v) is 13.0. The number of aromatic nitrogens is 3. The lowest BCUT2D eigenvalue weighted by molar-refractivity contribution is -0.107. The van der Waals surface area contributed by atoms with Crippen LogP contribution in [-0.2, 0) is 22.7 Å². The van der Waals surface area contributed by atoms with E-state index in [9.17, 15) is 4.79 Å². The zero-order valence-electron chi connectivity index (χ0n) is 10.4. The molecule has 0 spiro atoms. The summed E-state index contributed by atoms with van der Waals surface area (Å²) in [4.78, 5) is 11.8. The van der Waals surface area contributed by atoms with E-state index in [0.29, 0.717) is 17.0 Å². The van der Waals surface area contributed by atoms with Crippen LogP contribution >= 0.6 is 15.9 Å².